The molecule has 3 rings (SSSR count). The predicted octanol–water partition coefficient (Wildman–Crippen LogP) is 2.69. The Bertz CT molecular complexity index is 749. The average Bonchev–Trinajstić information content (AvgIpc) is 3.05. The van der Waals surface area contributed by atoms with E-state index < -0.39 is 0 Å². The minimum Gasteiger partial charge on any atom is -0.465 e. The first-order chi connectivity index (χ1) is 11.7. The van der Waals surface area contributed by atoms with Gasteiger partial charge in [-0.2, -0.15) is 0 Å². The molecule has 0 bridgehead atoms. The molecule has 1 aromatic heterocycles. The third kappa shape index (κ3) is 3.59. The Balaban J connectivity index is 1.61. The van der Waals surface area contributed by atoms with Gasteiger partial charge in [-0.3, -0.25) is 9.78 Å². The summed E-state index contributed by atoms with van der Waals surface area (Å²) >= 11 is 1.56. The highest BCUT2D eigenvalue weighted by atomic mass is 32.2. The number of hydrogen-bond acceptors (Lipinski definition) is 5. The van der Waals surface area contributed by atoms with Crippen molar-refractivity contribution >= 4 is 29.3 Å². The van der Waals surface area contributed by atoms with Gasteiger partial charge in [-0.05, 0) is 42.3 Å². The Morgan fingerprint density at radius 3 is 2.92 bits per heavy atom. The van der Waals surface area contributed by atoms with Crippen molar-refractivity contribution < 1.29 is 14.3 Å². The highest BCUT2D eigenvalue weighted by molar-refractivity contribution is 7.99. The van der Waals surface area contributed by atoms with Crippen LogP contribution in [-0.2, 0) is 21.7 Å². The molecule has 0 fully saturated rings. The van der Waals surface area contributed by atoms with Crippen LogP contribution in [0.1, 0.15) is 21.6 Å². The summed E-state index contributed by atoms with van der Waals surface area (Å²) in [7, 11) is 1.37. The molecule has 0 saturated heterocycles. The third-order valence-electron chi connectivity index (χ3n) is 3.90. The lowest BCUT2D eigenvalue weighted by Crippen LogP contribution is -2.30. The van der Waals surface area contributed by atoms with Crippen molar-refractivity contribution in [1.82, 2.24) is 4.98 Å². The number of carbonyl (C=O) groups is 2. The van der Waals surface area contributed by atoms with E-state index in [9.17, 15) is 9.59 Å². The van der Waals surface area contributed by atoms with Crippen LogP contribution in [0, 0.1) is 0 Å². The molecule has 1 amide bonds. The van der Waals surface area contributed by atoms with Crippen LogP contribution in [0.25, 0.3) is 0 Å². The number of nitrogens with zero attached hydrogens (tertiary/aromatic N) is 2. The molecule has 0 spiro atoms. The Labute approximate surface area is 145 Å². The average molecular weight is 342 g/mol. The number of benzene rings is 1. The lowest BCUT2D eigenvalue weighted by atomic mass is 10.1. The number of methoxy groups -OCH3 is 1. The molecule has 2 aromatic rings. The Morgan fingerprint density at radius 2 is 2.17 bits per heavy atom. The zero-order valence-electron chi connectivity index (χ0n) is 13.4. The second-order valence-corrected chi connectivity index (χ2v) is 6.43. The summed E-state index contributed by atoms with van der Waals surface area (Å²) in [5.41, 5.74) is 3.40. The lowest BCUT2D eigenvalue weighted by Gasteiger charge is -2.17. The van der Waals surface area contributed by atoms with Crippen molar-refractivity contribution in [2.24, 2.45) is 0 Å². The highest BCUT2D eigenvalue weighted by Gasteiger charge is 2.25. The molecular formula is C18H18N2O3S. The van der Waals surface area contributed by atoms with Gasteiger partial charge in [-0.25, -0.2) is 4.79 Å². The van der Waals surface area contributed by atoms with E-state index in [4.69, 9.17) is 4.74 Å². The minimum atomic E-state index is -0.353. The van der Waals surface area contributed by atoms with Gasteiger partial charge in [0.2, 0.25) is 5.91 Å². The maximum atomic E-state index is 12.5. The van der Waals surface area contributed by atoms with Crippen LogP contribution < -0.4 is 4.90 Å². The van der Waals surface area contributed by atoms with E-state index >= 15 is 0 Å². The van der Waals surface area contributed by atoms with E-state index in [1.165, 1.54) is 7.11 Å². The number of amides is 1. The van der Waals surface area contributed by atoms with Gasteiger partial charge < -0.3 is 9.64 Å². The Hall–Kier alpha value is -2.34. The summed E-state index contributed by atoms with van der Waals surface area (Å²) in [6.45, 7) is 0.656. The number of pyridine rings is 1. The van der Waals surface area contributed by atoms with Gasteiger partial charge in [0.25, 0.3) is 0 Å². The van der Waals surface area contributed by atoms with Crippen molar-refractivity contribution in [1.29, 1.82) is 0 Å². The maximum absolute atomic E-state index is 12.5. The first-order valence-corrected chi connectivity index (χ1v) is 8.84. The molecule has 6 heteroatoms. The molecule has 1 aliphatic rings. The number of esters is 1. The largest absolute Gasteiger partial charge is 0.465 e. The molecule has 124 valence electrons. The molecule has 2 heterocycles. The van der Waals surface area contributed by atoms with Crippen molar-refractivity contribution in [3.05, 3.63) is 59.4 Å². The molecule has 0 unspecified atom stereocenters. The fourth-order valence-electron chi connectivity index (χ4n) is 2.71. The van der Waals surface area contributed by atoms with Crippen molar-refractivity contribution in [2.45, 2.75) is 12.2 Å². The van der Waals surface area contributed by atoms with Crippen molar-refractivity contribution in [2.75, 3.05) is 24.3 Å². The van der Waals surface area contributed by atoms with Crippen LogP contribution in [-0.4, -0.2) is 36.3 Å². The van der Waals surface area contributed by atoms with E-state index in [2.05, 4.69) is 4.98 Å². The predicted molar refractivity (Wildman–Crippen MR) is 94.2 cm³/mol. The fraction of sp³-hybridized carbons (Fsp3) is 0.278. The highest BCUT2D eigenvalue weighted by Crippen LogP contribution is 2.29. The Morgan fingerprint density at radius 1 is 1.29 bits per heavy atom. The maximum Gasteiger partial charge on any atom is 0.337 e. The molecule has 1 aliphatic heterocycles. The van der Waals surface area contributed by atoms with Gasteiger partial charge in [0, 0.05) is 24.2 Å². The van der Waals surface area contributed by atoms with E-state index in [1.807, 2.05) is 30.3 Å². The molecule has 0 atom stereocenters. The minimum absolute atomic E-state index is 0.0838. The molecule has 0 saturated carbocycles. The SMILES string of the molecule is COC(=O)c1ccc2c(c1)CCN2C(=O)CSCc1ccccn1. The van der Waals surface area contributed by atoms with E-state index in [1.54, 1.807) is 28.9 Å². The summed E-state index contributed by atoms with van der Waals surface area (Å²) in [6.07, 6.45) is 2.52. The summed E-state index contributed by atoms with van der Waals surface area (Å²) < 4.78 is 4.74. The second-order valence-electron chi connectivity index (χ2n) is 5.44. The molecule has 1 aromatic carbocycles. The summed E-state index contributed by atoms with van der Waals surface area (Å²) in [5, 5.41) is 0. The number of aromatic nitrogens is 1. The van der Waals surface area contributed by atoms with Crippen LogP contribution in [0.4, 0.5) is 5.69 Å². The fourth-order valence-corrected chi connectivity index (χ4v) is 3.52. The van der Waals surface area contributed by atoms with Gasteiger partial charge in [0.15, 0.2) is 0 Å². The topological polar surface area (TPSA) is 59.5 Å². The van der Waals surface area contributed by atoms with Gasteiger partial charge in [0.05, 0.1) is 24.1 Å². The summed E-state index contributed by atoms with van der Waals surface area (Å²) in [4.78, 5) is 30.1. The molecular weight excluding hydrogens is 324 g/mol. The zero-order chi connectivity index (χ0) is 16.9. The number of thioether (sulfide) groups is 1. The Kier molecular flexibility index (Phi) is 5.15. The van der Waals surface area contributed by atoms with Crippen molar-refractivity contribution in [3.63, 3.8) is 0 Å². The second kappa shape index (κ2) is 7.49. The normalized spacial score (nSPS) is 12.8. The lowest BCUT2D eigenvalue weighted by molar-refractivity contribution is -0.116. The molecule has 0 N–H and O–H groups in total. The number of rotatable bonds is 5. The first-order valence-electron chi connectivity index (χ1n) is 7.68. The van der Waals surface area contributed by atoms with Gasteiger partial charge in [-0.15, -0.1) is 11.8 Å². The van der Waals surface area contributed by atoms with Gasteiger partial charge >= 0.3 is 5.97 Å². The standard InChI is InChI=1S/C18H18N2O3S/c1-23-18(22)14-5-6-16-13(10-14)7-9-20(16)17(21)12-24-11-15-4-2-3-8-19-15/h2-6,8,10H,7,9,11-12H2,1H3. The van der Waals surface area contributed by atoms with Gasteiger partial charge in [0.1, 0.15) is 0 Å². The van der Waals surface area contributed by atoms with Crippen LogP contribution >= 0.6 is 11.8 Å². The monoisotopic (exact) mass is 342 g/mol. The summed E-state index contributed by atoms with van der Waals surface area (Å²) in [5.74, 6) is 0.859. The first kappa shape index (κ1) is 16.5. The van der Waals surface area contributed by atoms with E-state index in [0.717, 1.165) is 23.4 Å². The molecule has 5 nitrogen and oxygen atoms in total. The van der Waals surface area contributed by atoms with Crippen LogP contribution in [0.3, 0.4) is 0 Å². The smallest absolute Gasteiger partial charge is 0.337 e. The zero-order valence-corrected chi connectivity index (χ0v) is 14.2. The number of carbonyl (C=O) groups excluding carboxylic acids is 2. The summed E-state index contributed by atoms with van der Waals surface area (Å²) in [6, 6.07) is 11.1. The molecule has 0 aliphatic carbocycles. The van der Waals surface area contributed by atoms with E-state index in [0.29, 0.717) is 23.6 Å². The quantitative estimate of drug-likeness (QED) is 0.782. The number of ether oxygens (including phenoxy) is 1. The van der Waals surface area contributed by atoms with Crippen LogP contribution in [0.15, 0.2) is 42.6 Å². The van der Waals surface area contributed by atoms with Gasteiger partial charge in [-0.1, -0.05) is 6.07 Å². The van der Waals surface area contributed by atoms with Crippen LogP contribution in [0.2, 0.25) is 0 Å². The number of hydrogen-bond donors (Lipinski definition) is 0. The van der Waals surface area contributed by atoms with Crippen LogP contribution in [0.5, 0.6) is 0 Å². The van der Waals surface area contributed by atoms with E-state index in [-0.39, 0.29) is 11.9 Å². The number of anilines is 1. The third-order valence-corrected chi connectivity index (χ3v) is 4.85. The molecule has 0 radical (unpaired) electrons. The molecule has 24 heavy (non-hydrogen) atoms. The number of fused-ring (bicyclic) bond motifs is 1. The van der Waals surface area contributed by atoms with Crippen molar-refractivity contribution in [3.8, 4) is 0 Å².